The Morgan fingerprint density at radius 1 is 1.33 bits per heavy atom. The standard InChI is InChI=1S/C18H25FN2O3/c1-17(2,3)24-16(23)20-18(4)8-10-21(11-9-18)15-13(12-22)6-5-7-14(15)19/h5-7,12H,8-11H2,1-4H3,(H,20,23). The predicted molar refractivity (Wildman–Crippen MR) is 91.0 cm³/mol. The number of alkyl carbamates (subject to hydrolysis) is 1. The van der Waals surface area contributed by atoms with Crippen molar-refractivity contribution in [1.29, 1.82) is 0 Å². The van der Waals surface area contributed by atoms with Crippen molar-refractivity contribution < 1.29 is 18.7 Å². The molecule has 0 radical (unpaired) electrons. The van der Waals surface area contributed by atoms with Gasteiger partial charge in [0.1, 0.15) is 11.4 Å². The molecular formula is C18H25FN2O3. The van der Waals surface area contributed by atoms with Gasteiger partial charge in [-0.1, -0.05) is 6.07 Å². The van der Waals surface area contributed by atoms with E-state index in [2.05, 4.69) is 5.32 Å². The molecule has 0 unspecified atom stereocenters. The van der Waals surface area contributed by atoms with E-state index in [9.17, 15) is 14.0 Å². The van der Waals surface area contributed by atoms with E-state index in [4.69, 9.17) is 4.74 Å². The molecule has 1 heterocycles. The summed E-state index contributed by atoms with van der Waals surface area (Å²) < 4.78 is 19.4. The summed E-state index contributed by atoms with van der Waals surface area (Å²) in [5, 5.41) is 2.92. The van der Waals surface area contributed by atoms with Crippen LogP contribution in [-0.2, 0) is 4.74 Å². The maximum Gasteiger partial charge on any atom is 0.408 e. The van der Waals surface area contributed by atoms with Gasteiger partial charge in [-0.15, -0.1) is 0 Å². The number of ether oxygens (including phenoxy) is 1. The van der Waals surface area contributed by atoms with Gasteiger partial charge in [-0.2, -0.15) is 0 Å². The second-order valence-electron chi connectivity index (χ2n) is 7.47. The number of carbonyl (C=O) groups excluding carboxylic acids is 2. The number of hydrogen-bond donors (Lipinski definition) is 1. The van der Waals surface area contributed by atoms with E-state index in [1.807, 2.05) is 32.6 Å². The summed E-state index contributed by atoms with van der Waals surface area (Å²) in [6, 6.07) is 4.49. The molecule has 132 valence electrons. The summed E-state index contributed by atoms with van der Waals surface area (Å²) in [6.45, 7) is 8.50. The van der Waals surface area contributed by atoms with Crippen molar-refractivity contribution in [3.63, 3.8) is 0 Å². The first-order valence-electron chi connectivity index (χ1n) is 8.13. The van der Waals surface area contributed by atoms with Crippen molar-refractivity contribution in [2.75, 3.05) is 18.0 Å². The molecule has 5 nitrogen and oxygen atoms in total. The van der Waals surface area contributed by atoms with Crippen LogP contribution in [0.4, 0.5) is 14.9 Å². The molecule has 0 aromatic heterocycles. The van der Waals surface area contributed by atoms with Crippen molar-refractivity contribution >= 4 is 18.1 Å². The molecule has 0 saturated carbocycles. The van der Waals surface area contributed by atoms with Gasteiger partial charge in [0.25, 0.3) is 0 Å². The molecule has 1 saturated heterocycles. The third-order valence-corrected chi connectivity index (χ3v) is 4.13. The number of aldehydes is 1. The summed E-state index contributed by atoms with van der Waals surface area (Å²) in [4.78, 5) is 25.0. The van der Waals surface area contributed by atoms with Gasteiger partial charge in [0, 0.05) is 24.2 Å². The second-order valence-corrected chi connectivity index (χ2v) is 7.47. The Labute approximate surface area is 142 Å². The average Bonchev–Trinajstić information content (AvgIpc) is 2.45. The fraction of sp³-hybridized carbons (Fsp3) is 0.556. The van der Waals surface area contributed by atoms with Crippen LogP contribution in [0.1, 0.15) is 50.9 Å². The van der Waals surface area contributed by atoms with Gasteiger partial charge >= 0.3 is 6.09 Å². The molecule has 1 fully saturated rings. The van der Waals surface area contributed by atoms with Crippen LogP contribution in [0, 0.1) is 5.82 Å². The van der Waals surface area contributed by atoms with Crippen LogP contribution in [0.2, 0.25) is 0 Å². The van der Waals surface area contributed by atoms with E-state index >= 15 is 0 Å². The van der Waals surface area contributed by atoms with Crippen LogP contribution >= 0.6 is 0 Å². The monoisotopic (exact) mass is 336 g/mol. The number of carbonyl (C=O) groups is 2. The summed E-state index contributed by atoms with van der Waals surface area (Å²) in [6.07, 6.45) is 1.50. The molecule has 2 rings (SSSR count). The highest BCUT2D eigenvalue weighted by Gasteiger charge is 2.34. The SMILES string of the molecule is CC1(NC(=O)OC(C)(C)C)CCN(c2c(F)cccc2C=O)CC1. The molecule has 0 aliphatic carbocycles. The minimum Gasteiger partial charge on any atom is -0.444 e. The van der Waals surface area contributed by atoms with Gasteiger partial charge in [-0.3, -0.25) is 4.79 Å². The first-order chi connectivity index (χ1) is 11.1. The fourth-order valence-electron chi connectivity index (χ4n) is 2.86. The smallest absolute Gasteiger partial charge is 0.408 e. The number of anilines is 1. The highest BCUT2D eigenvalue weighted by Crippen LogP contribution is 2.30. The highest BCUT2D eigenvalue weighted by molar-refractivity contribution is 5.85. The minimum atomic E-state index is -0.548. The van der Waals surface area contributed by atoms with Crippen molar-refractivity contribution in [3.05, 3.63) is 29.6 Å². The van der Waals surface area contributed by atoms with Crippen molar-refractivity contribution in [1.82, 2.24) is 5.32 Å². The lowest BCUT2D eigenvalue weighted by Crippen LogP contribution is -2.54. The van der Waals surface area contributed by atoms with E-state index in [1.165, 1.54) is 12.1 Å². The van der Waals surface area contributed by atoms with E-state index in [0.717, 1.165) is 0 Å². The van der Waals surface area contributed by atoms with Gasteiger partial charge < -0.3 is 15.0 Å². The molecule has 0 bridgehead atoms. The number of amides is 1. The number of hydrogen-bond acceptors (Lipinski definition) is 4. The maximum atomic E-state index is 14.1. The van der Waals surface area contributed by atoms with Gasteiger partial charge in [0.2, 0.25) is 0 Å². The number of nitrogens with zero attached hydrogens (tertiary/aromatic N) is 1. The number of rotatable bonds is 3. The normalized spacial score (nSPS) is 17.3. The quantitative estimate of drug-likeness (QED) is 0.858. The molecule has 24 heavy (non-hydrogen) atoms. The molecule has 1 amide bonds. The minimum absolute atomic E-state index is 0.340. The Bertz CT molecular complexity index is 617. The predicted octanol–water partition coefficient (Wildman–Crippen LogP) is 3.52. The zero-order valence-corrected chi connectivity index (χ0v) is 14.7. The third kappa shape index (κ3) is 4.46. The summed E-state index contributed by atoms with van der Waals surface area (Å²) in [5.41, 5.74) is -0.274. The molecule has 1 aromatic rings. The van der Waals surface area contributed by atoms with Crippen LogP contribution < -0.4 is 10.2 Å². The van der Waals surface area contributed by atoms with E-state index < -0.39 is 23.1 Å². The zero-order chi connectivity index (χ0) is 18.0. The van der Waals surface area contributed by atoms with Gasteiger partial charge in [0.15, 0.2) is 6.29 Å². The summed E-state index contributed by atoms with van der Waals surface area (Å²) in [5.74, 6) is -0.400. The van der Waals surface area contributed by atoms with E-state index in [0.29, 0.717) is 43.5 Å². The lowest BCUT2D eigenvalue weighted by molar-refractivity contribution is 0.0448. The third-order valence-electron chi connectivity index (χ3n) is 4.13. The van der Waals surface area contributed by atoms with Gasteiger partial charge in [-0.25, -0.2) is 9.18 Å². The maximum absolute atomic E-state index is 14.1. The second kappa shape index (κ2) is 6.79. The Morgan fingerprint density at radius 2 is 1.96 bits per heavy atom. The lowest BCUT2D eigenvalue weighted by Gasteiger charge is -2.41. The number of halogens is 1. The van der Waals surface area contributed by atoms with Crippen LogP contribution in [-0.4, -0.2) is 36.6 Å². The Hall–Kier alpha value is -2.11. The highest BCUT2D eigenvalue weighted by atomic mass is 19.1. The number of nitrogens with one attached hydrogen (secondary N) is 1. The zero-order valence-electron chi connectivity index (χ0n) is 14.7. The van der Waals surface area contributed by atoms with Crippen LogP contribution in [0.5, 0.6) is 0 Å². The lowest BCUT2D eigenvalue weighted by atomic mass is 9.89. The van der Waals surface area contributed by atoms with Crippen LogP contribution in [0.25, 0.3) is 0 Å². The van der Waals surface area contributed by atoms with E-state index in [1.54, 1.807) is 6.07 Å². The first kappa shape index (κ1) is 18.2. The van der Waals surface area contributed by atoms with Crippen molar-refractivity contribution in [3.8, 4) is 0 Å². The molecule has 1 aliphatic rings. The van der Waals surface area contributed by atoms with Gasteiger partial charge in [-0.05, 0) is 52.7 Å². The average molecular weight is 336 g/mol. The molecule has 0 atom stereocenters. The van der Waals surface area contributed by atoms with Gasteiger partial charge in [0.05, 0.1) is 5.69 Å². The summed E-state index contributed by atoms with van der Waals surface area (Å²) in [7, 11) is 0. The Kier molecular flexibility index (Phi) is 5.16. The Morgan fingerprint density at radius 3 is 2.50 bits per heavy atom. The molecule has 6 heteroatoms. The van der Waals surface area contributed by atoms with Crippen molar-refractivity contribution in [2.45, 2.75) is 51.7 Å². The van der Waals surface area contributed by atoms with Crippen molar-refractivity contribution in [2.24, 2.45) is 0 Å². The largest absolute Gasteiger partial charge is 0.444 e. The molecule has 0 spiro atoms. The Balaban J connectivity index is 2.03. The summed E-state index contributed by atoms with van der Waals surface area (Å²) >= 11 is 0. The molecule has 1 aliphatic heterocycles. The molecular weight excluding hydrogens is 311 g/mol. The number of benzene rings is 1. The fourth-order valence-corrected chi connectivity index (χ4v) is 2.86. The molecule has 1 aromatic carbocycles. The van der Waals surface area contributed by atoms with Crippen LogP contribution in [0.3, 0.4) is 0 Å². The number of para-hydroxylation sites is 1. The number of piperidine rings is 1. The van der Waals surface area contributed by atoms with Crippen LogP contribution in [0.15, 0.2) is 18.2 Å². The first-order valence-corrected chi connectivity index (χ1v) is 8.13. The topological polar surface area (TPSA) is 58.6 Å². The molecule has 1 N–H and O–H groups in total. The van der Waals surface area contributed by atoms with E-state index in [-0.39, 0.29) is 0 Å².